The van der Waals surface area contributed by atoms with E-state index in [-0.39, 0.29) is 0 Å². The number of nitrogens with zero attached hydrogens (tertiary/aromatic N) is 3. The molecule has 0 atom stereocenters. The standard InChI is InChI=1S/C46H27N3O2/c1-5-17-38-30(11-1)31-12-2-6-18-39(31)49(38)29-25-23-28(24-26-29)36-27-37(32-15-9-21-42-44(32)33-13-3-7-19-40(33)50-42)48-46(47-36)35-16-10-22-43-45(35)34-14-4-8-20-41(34)51-43/h1-27H. The van der Waals surface area contributed by atoms with Crippen LogP contribution in [-0.2, 0) is 0 Å². The Morgan fingerprint density at radius 3 is 1.51 bits per heavy atom. The summed E-state index contributed by atoms with van der Waals surface area (Å²) in [4.78, 5) is 10.6. The minimum atomic E-state index is 0.635. The van der Waals surface area contributed by atoms with Gasteiger partial charge in [-0.05, 0) is 54.6 Å². The van der Waals surface area contributed by atoms with Gasteiger partial charge in [-0.15, -0.1) is 0 Å². The molecule has 0 radical (unpaired) electrons. The van der Waals surface area contributed by atoms with Gasteiger partial charge >= 0.3 is 0 Å². The quantitative estimate of drug-likeness (QED) is 0.190. The molecule has 4 heterocycles. The van der Waals surface area contributed by atoms with Gasteiger partial charge in [0.2, 0.25) is 0 Å². The van der Waals surface area contributed by atoms with Crippen molar-refractivity contribution >= 4 is 65.7 Å². The molecule has 0 saturated carbocycles. The van der Waals surface area contributed by atoms with Gasteiger partial charge in [-0.2, -0.15) is 0 Å². The molecule has 0 aliphatic carbocycles. The van der Waals surface area contributed by atoms with Crippen molar-refractivity contribution in [3.8, 4) is 39.6 Å². The summed E-state index contributed by atoms with van der Waals surface area (Å²) in [6, 6.07) is 56.6. The van der Waals surface area contributed by atoms with E-state index in [1.54, 1.807) is 0 Å². The molecule has 0 bridgehead atoms. The topological polar surface area (TPSA) is 57.0 Å². The number of rotatable bonds is 4. The number of furan rings is 2. The van der Waals surface area contributed by atoms with E-state index in [1.807, 2.05) is 60.7 Å². The molecule has 0 aliphatic heterocycles. The number of para-hydroxylation sites is 4. The summed E-state index contributed by atoms with van der Waals surface area (Å²) in [6.07, 6.45) is 0. The molecule has 5 heteroatoms. The van der Waals surface area contributed by atoms with Crippen molar-refractivity contribution in [2.45, 2.75) is 0 Å². The van der Waals surface area contributed by atoms with Crippen molar-refractivity contribution in [1.82, 2.24) is 14.5 Å². The van der Waals surface area contributed by atoms with E-state index in [1.165, 1.54) is 21.8 Å². The fourth-order valence-electron chi connectivity index (χ4n) is 7.78. The van der Waals surface area contributed by atoms with Crippen LogP contribution in [0.3, 0.4) is 0 Å². The lowest BCUT2D eigenvalue weighted by Crippen LogP contribution is -1.97. The van der Waals surface area contributed by atoms with Crippen molar-refractivity contribution in [2.75, 3.05) is 0 Å². The molecule has 51 heavy (non-hydrogen) atoms. The van der Waals surface area contributed by atoms with Crippen LogP contribution in [0.15, 0.2) is 173 Å². The molecule has 0 unspecified atom stereocenters. The molecular formula is C46H27N3O2. The molecule has 0 aliphatic rings. The van der Waals surface area contributed by atoms with Crippen molar-refractivity contribution in [1.29, 1.82) is 0 Å². The molecule has 0 N–H and O–H groups in total. The zero-order chi connectivity index (χ0) is 33.5. The van der Waals surface area contributed by atoms with Crippen LogP contribution in [0.1, 0.15) is 0 Å². The fourth-order valence-corrected chi connectivity index (χ4v) is 7.78. The van der Waals surface area contributed by atoms with E-state index in [0.717, 1.165) is 77.6 Å². The van der Waals surface area contributed by atoms with Gasteiger partial charge in [-0.1, -0.05) is 109 Å². The average Bonchev–Trinajstić information content (AvgIpc) is 3.87. The van der Waals surface area contributed by atoms with Crippen LogP contribution in [0.4, 0.5) is 0 Å². The predicted molar refractivity (Wildman–Crippen MR) is 207 cm³/mol. The second-order valence-electron chi connectivity index (χ2n) is 12.9. The smallest absolute Gasteiger partial charge is 0.161 e. The van der Waals surface area contributed by atoms with Gasteiger partial charge in [-0.25, -0.2) is 9.97 Å². The van der Waals surface area contributed by atoms with Crippen LogP contribution >= 0.6 is 0 Å². The maximum Gasteiger partial charge on any atom is 0.161 e. The molecule has 0 fully saturated rings. The lowest BCUT2D eigenvalue weighted by atomic mass is 10.0. The van der Waals surface area contributed by atoms with E-state index >= 15 is 0 Å². The van der Waals surface area contributed by atoms with Gasteiger partial charge in [0, 0.05) is 54.7 Å². The molecule has 238 valence electrons. The Morgan fingerprint density at radius 2 is 0.882 bits per heavy atom. The van der Waals surface area contributed by atoms with Gasteiger partial charge in [-0.3, -0.25) is 0 Å². The van der Waals surface area contributed by atoms with Crippen molar-refractivity contribution in [2.24, 2.45) is 0 Å². The van der Waals surface area contributed by atoms with Crippen molar-refractivity contribution < 1.29 is 8.83 Å². The number of benzene rings is 7. The van der Waals surface area contributed by atoms with Gasteiger partial charge in [0.25, 0.3) is 0 Å². The van der Waals surface area contributed by atoms with Crippen LogP contribution in [0.2, 0.25) is 0 Å². The maximum atomic E-state index is 6.29. The Bertz CT molecular complexity index is 2960. The molecule has 7 aromatic carbocycles. The molecular weight excluding hydrogens is 627 g/mol. The highest BCUT2D eigenvalue weighted by molar-refractivity contribution is 6.14. The first-order chi connectivity index (χ1) is 25.3. The maximum absolute atomic E-state index is 6.29. The first-order valence-corrected chi connectivity index (χ1v) is 17.1. The second kappa shape index (κ2) is 10.8. The third-order valence-corrected chi connectivity index (χ3v) is 10.0. The zero-order valence-electron chi connectivity index (χ0n) is 27.2. The summed E-state index contributed by atoms with van der Waals surface area (Å²) in [5.74, 6) is 0.635. The lowest BCUT2D eigenvalue weighted by molar-refractivity contribution is 0.668. The highest BCUT2D eigenvalue weighted by atomic mass is 16.3. The highest BCUT2D eigenvalue weighted by Gasteiger charge is 2.20. The first kappa shape index (κ1) is 27.9. The zero-order valence-corrected chi connectivity index (χ0v) is 27.2. The summed E-state index contributed by atoms with van der Waals surface area (Å²) in [5, 5.41) is 6.62. The van der Waals surface area contributed by atoms with E-state index < -0.39 is 0 Å². The van der Waals surface area contributed by atoms with Crippen LogP contribution in [0.5, 0.6) is 0 Å². The Balaban J connectivity index is 1.14. The van der Waals surface area contributed by atoms with E-state index in [4.69, 9.17) is 18.8 Å². The third-order valence-electron chi connectivity index (χ3n) is 10.0. The third kappa shape index (κ3) is 4.22. The van der Waals surface area contributed by atoms with Gasteiger partial charge in [0.1, 0.15) is 22.3 Å². The Hall–Kier alpha value is -6.98. The molecule has 0 saturated heterocycles. The largest absolute Gasteiger partial charge is 0.456 e. The summed E-state index contributed by atoms with van der Waals surface area (Å²) in [5.41, 5.74) is 11.3. The minimum absolute atomic E-state index is 0.635. The highest BCUT2D eigenvalue weighted by Crippen LogP contribution is 2.40. The summed E-state index contributed by atoms with van der Waals surface area (Å²) in [7, 11) is 0. The minimum Gasteiger partial charge on any atom is -0.456 e. The summed E-state index contributed by atoms with van der Waals surface area (Å²) < 4.78 is 14.9. The van der Waals surface area contributed by atoms with E-state index in [2.05, 4.69) is 108 Å². The monoisotopic (exact) mass is 653 g/mol. The average molecular weight is 654 g/mol. The second-order valence-corrected chi connectivity index (χ2v) is 12.9. The van der Waals surface area contributed by atoms with E-state index in [0.29, 0.717) is 5.82 Å². The number of hydrogen-bond acceptors (Lipinski definition) is 4. The Kier molecular flexibility index (Phi) is 5.89. The van der Waals surface area contributed by atoms with Crippen LogP contribution < -0.4 is 0 Å². The molecule has 5 nitrogen and oxygen atoms in total. The van der Waals surface area contributed by atoms with Crippen LogP contribution in [0, 0.1) is 0 Å². The first-order valence-electron chi connectivity index (χ1n) is 17.1. The predicted octanol–water partition coefficient (Wildman–Crippen LogP) is 12.4. The molecule has 11 aromatic rings. The van der Waals surface area contributed by atoms with Crippen molar-refractivity contribution in [3.63, 3.8) is 0 Å². The molecule has 11 rings (SSSR count). The summed E-state index contributed by atoms with van der Waals surface area (Å²) >= 11 is 0. The fraction of sp³-hybridized carbons (Fsp3) is 0. The molecule has 0 amide bonds. The number of hydrogen-bond donors (Lipinski definition) is 0. The van der Waals surface area contributed by atoms with Gasteiger partial charge in [0.05, 0.1) is 22.4 Å². The van der Waals surface area contributed by atoms with Gasteiger partial charge < -0.3 is 13.4 Å². The van der Waals surface area contributed by atoms with Gasteiger partial charge in [0.15, 0.2) is 5.82 Å². The SMILES string of the molecule is c1ccc2c(c1)oc1cccc(-c3cc(-c4ccc(-n5c6ccccc6c6ccccc65)cc4)nc(-c4cccc5oc6ccccc6c45)n3)c12. The van der Waals surface area contributed by atoms with Crippen LogP contribution in [-0.4, -0.2) is 14.5 Å². The van der Waals surface area contributed by atoms with E-state index in [9.17, 15) is 0 Å². The molecule has 0 spiro atoms. The Morgan fingerprint density at radius 1 is 0.392 bits per heavy atom. The normalized spacial score (nSPS) is 11.9. The molecule has 4 aromatic heterocycles. The Labute approximate surface area is 291 Å². The number of aromatic nitrogens is 3. The summed E-state index contributed by atoms with van der Waals surface area (Å²) in [6.45, 7) is 0. The van der Waals surface area contributed by atoms with Crippen molar-refractivity contribution in [3.05, 3.63) is 164 Å². The number of fused-ring (bicyclic) bond motifs is 9. The van der Waals surface area contributed by atoms with Crippen LogP contribution in [0.25, 0.3) is 105 Å². The lowest BCUT2D eigenvalue weighted by Gasteiger charge is -2.12.